The summed E-state index contributed by atoms with van der Waals surface area (Å²) in [6.45, 7) is 2.45. The Bertz CT molecular complexity index is 947. The van der Waals surface area contributed by atoms with Gasteiger partial charge in [0.15, 0.2) is 5.96 Å². The van der Waals surface area contributed by atoms with Gasteiger partial charge in [-0.1, -0.05) is 25.0 Å². The minimum Gasteiger partial charge on any atom is -0.497 e. The number of amides is 1. The Labute approximate surface area is 183 Å². The van der Waals surface area contributed by atoms with Crippen molar-refractivity contribution in [1.82, 2.24) is 20.0 Å². The van der Waals surface area contributed by atoms with Gasteiger partial charge in [-0.15, -0.1) is 0 Å². The highest BCUT2D eigenvalue weighted by atomic mass is 16.5. The van der Waals surface area contributed by atoms with Crippen LogP contribution in [0.2, 0.25) is 0 Å². The number of hydrogen-bond acceptors (Lipinski definition) is 4. The van der Waals surface area contributed by atoms with Crippen LogP contribution >= 0.6 is 0 Å². The molecule has 0 unspecified atom stereocenters. The number of aliphatic imine (C=N–C) groups is 1. The second-order valence-corrected chi connectivity index (χ2v) is 8.46. The number of nitrogens with one attached hydrogen (secondary N) is 1. The average Bonchev–Trinajstić information content (AvgIpc) is 3.44. The first kappa shape index (κ1) is 21.2. The zero-order valence-electron chi connectivity index (χ0n) is 18.7. The third kappa shape index (κ3) is 4.38. The summed E-state index contributed by atoms with van der Waals surface area (Å²) in [4.78, 5) is 21.1. The molecule has 1 amide bonds. The third-order valence-corrected chi connectivity index (χ3v) is 6.56. The molecular formula is C23H32N6O2. The molecule has 2 fully saturated rings. The van der Waals surface area contributed by atoms with Gasteiger partial charge in [0, 0.05) is 45.3 Å². The Morgan fingerprint density at radius 3 is 2.74 bits per heavy atom. The Morgan fingerprint density at radius 2 is 2.10 bits per heavy atom. The molecule has 1 aromatic heterocycles. The molecule has 166 valence electrons. The number of hydrogen-bond donors (Lipinski definition) is 1. The van der Waals surface area contributed by atoms with Crippen LogP contribution in [0.5, 0.6) is 5.75 Å². The number of guanidine groups is 1. The van der Waals surface area contributed by atoms with Gasteiger partial charge in [0.25, 0.3) is 0 Å². The number of methoxy groups -OCH3 is 1. The number of anilines is 1. The van der Waals surface area contributed by atoms with E-state index >= 15 is 0 Å². The molecule has 2 aromatic rings. The van der Waals surface area contributed by atoms with Gasteiger partial charge in [0.2, 0.25) is 5.91 Å². The lowest BCUT2D eigenvalue weighted by Crippen LogP contribution is -2.56. The van der Waals surface area contributed by atoms with Gasteiger partial charge in [-0.2, -0.15) is 5.10 Å². The van der Waals surface area contributed by atoms with Crippen molar-refractivity contribution < 1.29 is 9.53 Å². The number of rotatable bonds is 5. The van der Waals surface area contributed by atoms with Crippen molar-refractivity contribution in [2.75, 3.05) is 45.2 Å². The Balaban J connectivity index is 1.43. The SMILES string of the molecule is CN=C(NCC1(c2cccc(OC)c2)CCCC1)N1CCN(c2cnn(C)c2)C(=O)C1. The molecule has 1 N–H and O–H groups in total. The number of ether oxygens (including phenoxy) is 1. The first-order valence-corrected chi connectivity index (χ1v) is 10.9. The topological polar surface area (TPSA) is 75.0 Å². The van der Waals surface area contributed by atoms with Gasteiger partial charge in [0.05, 0.1) is 19.0 Å². The summed E-state index contributed by atoms with van der Waals surface area (Å²) >= 11 is 0. The Morgan fingerprint density at radius 1 is 1.29 bits per heavy atom. The van der Waals surface area contributed by atoms with Crippen LogP contribution in [0.4, 0.5) is 5.69 Å². The lowest BCUT2D eigenvalue weighted by molar-refractivity contribution is -0.120. The maximum Gasteiger partial charge on any atom is 0.246 e. The summed E-state index contributed by atoms with van der Waals surface area (Å²) in [6, 6.07) is 8.42. The van der Waals surface area contributed by atoms with E-state index in [0.717, 1.165) is 43.3 Å². The normalized spacial score (nSPS) is 19.1. The standard InChI is InChI=1S/C23H32N6O2/c1-24-22(28-11-12-29(21(30)16-28)19-14-26-27(2)15-19)25-17-23(9-4-5-10-23)18-7-6-8-20(13-18)31-3/h6-8,13-15H,4-5,9-12,16-17H2,1-3H3,(H,24,25). The molecule has 0 atom stereocenters. The highest BCUT2D eigenvalue weighted by Crippen LogP contribution is 2.41. The van der Waals surface area contributed by atoms with Gasteiger partial charge >= 0.3 is 0 Å². The predicted molar refractivity (Wildman–Crippen MR) is 122 cm³/mol. The van der Waals surface area contributed by atoms with Gasteiger partial charge in [-0.25, -0.2) is 0 Å². The lowest BCUT2D eigenvalue weighted by Gasteiger charge is -2.37. The number of aromatic nitrogens is 2. The summed E-state index contributed by atoms with van der Waals surface area (Å²) in [5, 5.41) is 7.77. The summed E-state index contributed by atoms with van der Waals surface area (Å²) in [5.41, 5.74) is 2.22. The number of benzene rings is 1. The summed E-state index contributed by atoms with van der Waals surface area (Å²) in [5.74, 6) is 1.74. The number of carbonyl (C=O) groups is 1. The van der Waals surface area contributed by atoms with Crippen LogP contribution in [0.15, 0.2) is 41.7 Å². The van der Waals surface area contributed by atoms with Gasteiger partial charge in [0.1, 0.15) is 12.3 Å². The van der Waals surface area contributed by atoms with Crippen molar-refractivity contribution in [3.8, 4) is 5.75 Å². The van der Waals surface area contributed by atoms with E-state index in [1.165, 1.54) is 18.4 Å². The van der Waals surface area contributed by atoms with Gasteiger partial charge in [-0.05, 0) is 30.5 Å². The predicted octanol–water partition coefficient (Wildman–Crippen LogP) is 2.16. The van der Waals surface area contributed by atoms with Crippen molar-refractivity contribution in [3.63, 3.8) is 0 Å². The average molecular weight is 425 g/mol. The van der Waals surface area contributed by atoms with E-state index < -0.39 is 0 Å². The summed E-state index contributed by atoms with van der Waals surface area (Å²) in [6.07, 6.45) is 8.33. The molecule has 8 nitrogen and oxygen atoms in total. The minimum absolute atomic E-state index is 0.0607. The largest absolute Gasteiger partial charge is 0.497 e. The van der Waals surface area contributed by atoms with Crippen LogP contribution in [0.25, 0.3) is 0 Å². The molecule has 1 saturated carbocycles. The van der Waals surface area contributed by atoms with Crippen molar-refractivity contribution >= 4 is 17.6 Å². The second kappa shape index (κ2) is 8.99. The van der Waals surface area contributed by atoms with Crippen LogP contribution in [0, 0.1) is 0 Å². The molecule has 8 heteroatoms. The van der Waals surface area contributed by atoms with Crippen molar-refractivity contribution in [3.05, 3.63) is 42.2 Å². The van der Waals surface area contributed by atoms with Crippen LogP contribution < -0.4 is 15.0 Å². The quantitative estimate of drug-likeness (QED) is 0.588. The van der Waals surface area contributed by atoms with E-state index in [1.54, 1.807) is 29.9 Å². The van der Waals surface area contributed by atoms with E-state index in [4.69, 9.17) is 4.74 Å². The van der Waals surface area contributed by atoms with E-state index in [1.807, 2.05) is 24.2 Å². The molecule has 0 radical (unpaired) electrons. The van der Waals surface area contributed by atoms with E-state index in [2.05, 4.69) is 33.6 Å². The molecule has 1 aliphatic heterocycles. The molecule has 0 bridgehead atoms. The molecule has 1 saturated heterocycles. The van der Waals surface area contributed by atoms with Crippen LogP contribution in [-0.4, -0.2) is 66.9 Å². The fraction of sp³-hybridized carbons (Fsp3) is 0.522. The lowest BCUT2D eigenvalue weighted by atomic mass is 9.78. The molecule has 2 aliphatic rings. The third-order valence-electron chi connectivity index (χ3n) is 6.56. The second-order valence-electron chi connectivity index (χ2n) is 8.46. The summed E-state index contributed by atoms with van der Waals surface area (Å²) < 4.78 is 7.18. The minimum atomic E-state index is 0.0607. The van der Waals surface area contributed by atoms with Crippen LogP contribution in [0.1, 0.15) is 31.2 Å². The molecule has 2 heterocycles. The van der Waals surface area contributed by atoms with Gasteiger partial charge < -0.3 is 19.9 Å². The maximum atomic E-state index is 12.8. The number of carbonyl (C=O) groups excluding carboxylic acids is 1. The zero-order chi connectivity index (χ0) is 21.8. The number of aryl methyl sites for hydroxylation is 1. The molecule has 0 spiro atoms. The van der Waals surface area contributed by atoms with E-state index in [-0.39, 0.29) is 11.3 Å². The van der Waals surface area contributed by atoms with E-state index in [9.17, 15) is 4.79 Å². The Kier molecular flexibility index (Phi) is 6.15. The summed E-state index contributed by atoms with van der Waals surface area (Å²) in [7, 11) is 5.35. The highest BCUT2D eigenvalue weighted by Gasteiger charge is 2.37. The fourth-order valence-electron chi connectivity index (χ4n) is 4.83. The molecular weight excluding hydrogens is 392 g/mol. The van der Waals surface area contributed by atoms with Crippen molar-refractivity contribution in [1.29, 1.82) is 0 Å². The first-order chi connectivity index (χ1) is 15.0. The van der Waals surface area contributed by atoms with Gasteiger partial charge in [-0.3, -0.25) is 14.5 Å². The van der Waals surface area contributed by atoms with Crippen molar-refractivity contribution in [2.45, 2.75) is 31.1 Å². The Hall–Kier alpha value is -3.03. The molecule has 1 aliphatic carbocycles. The number of nitrogens with zero attached hydrogens (tertiary/aromatic N) is 5. The fourth-order valence-corrected chi connectivity index (χ4v) is 4.83. The van der Waals surface area contributed by atoms with Crippen LogP contribution in [0.3, 0.4) is 0 Å². The molecule has 31 heavy (non-hydrogen) atoms. The first-order valence-electron chi connectivity index (χ1n) is 10.9. The molecule has 1 aromatic carbocycles. The van der Waals surface area contributed by atoms with Crippen LogP contribution in [-0.2, 0) is 17.3 Å². The van der Waals surface area contributed by atoms with Crippen molar-refractivity contribution in [2.24, 2.45) is 12.0 Å². The monoisotopic (exact) mass is 424 g/mol. The number of piperazine rings is 1. The smallest absolute Gasteiger partial charge is 0.246 e. The zero-order valence-corrected chi connectivity index (χ0v) is 18.7. The molecule has 4 rings (SSSR count). The van der Waals surface area contributed by atoms with E-state index in [0.29, 0.717) is 13.1 Å². The highest BCUT2D eigenvalue weighted by molar-refractivity contribution is 5.98. The maximum absolute atomic E-state index is 12.8.